The molecule has 1 atom stereocenters. The molecule has 36 heavy (non-hydrogen) atoms. The van der Waals surface area contributed by atoms with E-state index in [4.69, 9.17) is 0 Å². The Morgan fingerprint density at radius 1 is 1.00 bits per heavy atom. The Kier molecular flexibility index (Phi) is 5.22. The number of benzene rings is 2. The Hall–Kier alpha value is -3.59. The van der Waals surface area contributed by atoms with Gasteiger partial charge in [-0.1, -0.05) is 24.3 Å². The van der Waals surface area contributed by atoms with Crippen LogP contribution < -0.4 is 10.2 Å². The van der Waals surface area contributed by atoms with E-state index in [1.54, 1.807) is 0 Å². The minimum atomic E-state index is -1.09. The van der Waals surface area contributed by atoms with Gasteiger partial charge in [-0.05, 0) is 62.7 Å². The highest BCUT2D eigenvalue weighted by molar-refractivity contribution is 6.25. The number of carbonyl (C=O) groups is 4. The van der Waals surface area contributed by atoms with Crippen molar-refractivity contribution >= 4 is 29.3 Å². The summed E-state index contributed by atoms with van der Waals surface area (Å²) < 4.78 is 15.6. The first-order valence-corrected chi connectivity index (χ1v) is 12.3. The molecule has 2 aromatic rings. The van der Waals surface area contributed by atoms with E-state index in [0.717, 1.165) is 36.4 Å². The van der Waals surface area contributed by atoms with Crippen LogP contribution in [0.4, 0.5) is 10.1 Å². The van der Waals surface area contributed by atoms with E-state index in [-0.39, 0.29) is 35.1 Å². The number of rotatable bonds is 2. The van der Waals surface area contributed by atoms with Gasteiger partial charge in [-0.15, -0.1) is 0 Å². The quantitative estimate of drug-likeness (QED) is 0.650. The molecular formula is C27H27FN4O4. The van der Waals surface area contributed by atoms with Gasteiger partial charge in [0.15, 0.2) is 0 Å². The van der Waals surface area contributed by atoms with E-state index >= 15 is 4.39 Å². The lowest BCUT2D eigenvalue weighted by molar-refractivity contribution is -0.136. The van der Waals surface area contributed by atoms with E-state index in [9.17, 15) is 19.2 Å². The SMILES string of the molecule is CN1CCC2(CC1)CN(c1c(F)ccc3c1C(=O)N(C1CCC(=O)NC1=O)C3=O)Cc1ccccc12. The number of amides is 4. The predicted molar refractivity (Wildman–Crippen MR) is 129 cm³/mol. The van der Waals surface area contributed by atoms with Crippen LogP contribution in [0, 0.1) is 5.82 Å². The monoisotopic (exact) mass is 490 g/mol. The van der Waals surface area contributed by atoms with Gasteiger partial charge in [0.2, 0.25) is 11.8 Å². The van der Waals surface area contributed by atoms with Crippen molar-refractivity contribution in [2.75, 3.05) is 31.6 Å². The number of nitrogens with one attached hydrogen (secondary N) is 1. The molecule has 0 aliphatic carbocycles. The van der Waals surface area contributed by atoms with E-state index in [1.165, 1.54) is 17.7 Å². The number of imide groups is 2. The van der Waals surface area contributed by atoms with Crippen LogP contribution in [0.1, 0.15) is 57.5 Å². The van der Waals surface area contributed by atoms with Gasteiger partial charge in [0, 0.05) is 24.9 Å². The second-order valence-electron chi connectivity index (χ2n) is 10.4. The summed E-state index contributed by atoms with van der Waals surface area (Å²) in [7, 11) is 2.09. The van der Waals surface area contributed by atoms with Crippen molar-refractivity contribution in [3.05, 3.63) is 64.5 Å². The van der Waals surface area contributed by atoms with Crippen LogP contribution in [-0.4, -0.2) is 66.2 Å². The molecule has 0 saturated carbocycles. The summed E-state index contributed by atoms with van der Waals surface area (Å²) in [6.45, 7) is 2.78. The van der Waals surface area contributed by atoms with Gasteiger partial charge in [-0.3, -0.25) is 29.4 Å². The van der Waals surface area contributed by atoms with Crippen molar-refractivity contribution in [1.82, 2.24) is 15.1 Å². The molecule has 0 radical (unpaired) electrons. The average Bonchev–Trinajstić information content (AvgIpc) is 3.11. The van der Waals surface area contributed by atoms with Crippen LogP contribution >= 0.6 is 0 Å². The third-order valence-corrected chi connectivity index (χ3v) is 8.24. The Balaban J connectivity index is 1.42. The van der Waals surface area contributed by atoms with Crippen molar-refractivity contribution in [2.45, 2.75) is 43.7 Å². The van der Waals surface area contributed by atoms with Gasteiger partial charge in [-0.2, -0.15) is 0 Å². The van der Waals surface area contributed by atoms with Crippen LogP contribution in [-0.2, 0) is 21.5 Å². The zero-order valence-corrected chi connectivity index (χ0v) is 20.1. The van der Waals surface area contributed by atoms with E-state index in [2.05, 4.69) is 23.3 Å². The lowest BCUT2D eigenvalue weighted by Gasteiger charge is -2.49. The minimum Gasteiger partial charge on any atom is -0.363 e. The van der Waals surface area contributed by atoms with Crippen molar-refractivity contribution in [1.29, 1.82) is 0 Å². The van der Waals surface area contributed by atoms with Crippen LogP contribution in [0.2, 0.25) is 0 Å². The molecule has 8 nitrogen and oxygen atoms in total. The van der Waals surface area contributed by atoms with E-state index in [0.29, 0.717) is 13.1 Å². The van der Waals surface area contributed by atoms with Gasteiger partial charge >= 0.3 is 0 Å². The molecule has 4 aliphatic rings. The number of likely N-dealkylation sites (tertiary alicyclic amines) is 1. The smallest absolute Gasteiger partial charge is 0.264 e. The zero-order chi connectivity index (χ0) is 25.2. The van der Waals surface area contributed by atoms with Crippen LogP contribution in [0.15, 0.2) is 36.4 Å². The summed E-state index contributed by atoms with van der Waals surface area (Å²) in [5, 5.41) is 2.20. The first-order valence-electron chi connectivity index (χ1n) is 12.3. The molecule has 9 heteroatoms. The van der Waals surface area contributed by atoms with Gasteiger partial charge in [-0.25, -0.2) is 4.39 Å². The average molecular weight is 491 g/mol. The number of carbonyl (C=O) groups excluding carboxylic acids is 4. The number of hydrogen-bond acceptors (Lipinski definition) is 6. The van der Waals surface area contributed by atoms with Crippen molar-refractivity contribution in [2.24, 2.45) is 0 Å². The topological polar surface area (TPSA) is 90.0 Å². The fraction of sp³-hybridized carbons (Fsp3) is 0.407. The van der Waals surface area contributed by atoms with Gasteiger partial charge in [0.25, 0.3) is 11.8 Å². The molecule has 6 rings (SSSR count). The maximum atomic E-state index is 15.6. The molecule has 2 aromatic carbocycles. The number of hydrogen-bond donors (Lipinski definition) is 1. The fourth-order valence-electron chi connectivity index (χ4n) is 6.34. The Labute approximate surface area is 208 Å². The molecule has 2 fully saturated rings. The first kappa shape index (κ1) is 22.8. The predicted octanol–water partition coefficient (Wildman–Crippen LogP) is 2.21. The standard InChI is InChI=1S/C27H27FN4O4/c1-30-12-10-27(11-13-30)15-31(14-16-4-2-3-5-18(16)27)23-19(28)7-6-17-22(23)26(36)32(25(17)35)20-8-9-21(33)29-24(20)34/h2-7,20H,8-15H2,1H3,(H,29,33,34). The van der Waals surface area contributed by atoms with Crippen LogP contribution in [0.25, 0.3) is 0 Å². The second kappa shape index (κ2) is 8.23. The number of halogens is 1. The van der Waals surface area contributed by atoms with E-state index < -0.39 is 35.5 Å². The van der Waals surface area contributed by atoms with Gasteiger partial charge < -0.3 is 9.80 Å². The maximum Gasteiger partial charge on any atom is 0.264 e. The summed E-state index contributed by atoms with van der Waals surface area (Å²) in [6.07, 6.45) is 1.90. The van der Waals surface area contributed by atoms with Crippen molar-refractivity contribution < 1.29 is 23.6 Å². The molecule has 0 aromatic heterocycles. The van der Waals surface area contributed by atoms with Crippen LogP contribution in [0.5, 0.6) is 0 Å². The summed E-state index contributed by atoms with van der Waals surface area (Å²) in [6, 6.07) is 9.67. The number of anilines is 1. The lowest BCUT2D eigenvalue weighted by Crippen LogP contribution is -2.54. The first-order chi connectivity index (χ1) is 17.3. The molecule has 0 bridgehead atoms. The Bertz CT molecular complexity index is 1320. The second-order valence-corrected chi connectivity index (χ2v) is 10.4. The molecule has 1 spiro atoms. The van der Waals surface area contributed by atoms with Crippen LogP contribution in [0.3, 0.4) is 0 Å². The number of fused-ring (bicyclic) bond motifs is 3. The van der Waals surface area contributed by atoms with Gasteiger partial charge in [0.05, 0.1) is 16.8 Å². The Morgan fingerprint density at radius 3 is 2.50 bits per heavy atom. The molecular weight excluding hydrogens is 463 g/mol. The minimum absolute atomic E-state index is 0.00663. The molecule has 4 heterocycles. The lowest BCUT2D eigenvalue weighted by atomic mass is 9.68. The molecule has 4 amide bonds. The summed E-state index contributed by atoms with van der Waals surface area (Å²) >= 11 is 0. The Morgan fingerprint density at radius 2 is 1.75 bits per heavy atom. The largest absolute Gasteiger partial charge is 0.363 e. The third kappa shape index (κ3) is 3.37. The number of piperidine rings is 2. The zero-order valence-electron chi connectivity index (χ0n) is 20.1. The van der Waals surface area contributed by atoms with Gasteiger partial charge in [0.1, 0.15) is 11.9 Å². The fourth-order valence-corrected chi connectivity index (χ4v) is 6.34. The molecule has 4 aliphatic heterocycles. The van der Waals surface area contributed by atoms with Crippen molar-refractivity contribution in [3.8, 4) is 0 Å². The summed E-state index contributed by atoms with van der Waals surface area (Å²) in [5.41, 5.74) is 2.39. The molecule has 186 valence electrons. The summed E-state index contributed by atoms with van der Waals surface area (Å²) in [5.74, 6) is -3.00. The highest BCUT2D eigenvalue weighted by Crippen LogP contribution is 2.45. The van der Waals surface area contributed by atoms with Crippen molar-refractivity contribution in [3.63, 3.8) is 0 Å². The number of nitrogens with zero attached hydrogens (tertiary/aromatic N) is 3. The van der Waals surface area contributed by atoms with E-state index in [1.807, 2.05) is 23.1 Å². The third-order valence-electron chi connectivity index (χ3n) is 8.24. The normalized spacial score (nSPS) is 23.7. The maximum absolute atomic E-state index is 15.6. The molecule has 2 saturated heterocycles. The molecule has 1 N–H and O–H groups in total. The summed E-state index contributed by atoms with van der Waals surface area (Å²) in [4.78, 5) is 56.1. The highest BCUT2D eigenvalue weighted by Gasteiger charge is 2.48. The highest BCUT2D eigenvalue weighted by atomic mass is 19.1. The molecule has 1 unspecified atom stereocenters.